The summed E-state index contributed by atoms with van der Waals surface area (Å²) in [7, 11) is 0. The van der Waals surface area contributed by atoms with Crippen LogP contribution < -0.4 is 4.74 Å². The summed E-state index contributed by atoms with van der Waals surface area (Å²) in [6, 6.07) is 3.36. The van der Waals surface area contributed by atoms with E-state index in [1.54, 1.807) is 6.92 Å². The number of nitriles is 1. The first-order valence-electron chi connectivity index (χ1n) is 4.55. The average Bonchev–Trinajstić information content (AvgIpc) is 2.20. The largest absolute Gasteiger partial charge is 0.574 e. The Bertz CT molecular complexity index is 454. The molecule has 0 aliphatic heterocycles. The van der Waals surface area contributed by atoms with E-state index in [1.807, 2.05) is 6.07 Å². The van der Waals surface area contributed by atoms with Gasteiger partial charge in [0.25, 0.3) is 0 Å². The highest BCUT2D eigenvalue weighted by molar-refractivity contribution is 9.08. The Kier molecular flexibility index (Phi) is 4.34. The van der Waals surface area contributed by atoms with Crippen molar-refractivity contribution in [3.8, 4) is 11.9 Å². The number of aryl methyl sites for hydroxylation is 1. The molecule has 1 aromatic heterocycles. The molecule has 1 aromatic rings. The van der Waals surface area contributed by atoms with E-state index in [4.69, 9.17) is 5.26 Å². The van der Waals surface area contributed by atoms with Gasteiger partial charge in [0.05, 0.1) is 18.2 Å². The van der Waals surface area contributed by atoms with Crippen molar-refractivity contribution >= 4 is 15.9 Å². The highest BCUT2D eigenvalue weighted by Gasteiger charge is 2.33. The van der Waals surface area contributed by atoms with Gasteiger partial charge < -0.3 is 4.74 Å². The highest BCUT2D eigenvalue weighted by atomic mass is 79.9. The Labute approximate surface area is 104 Å². The molecule has 0 radical (unpaired) electrons. The van der Waals surface area contributed by atoms with Crippen LogP contribution in [-0.2, 0) is 11.8 Å². The smallest absolute Gasteiger partial charge is 0.388 e. The Morgan fingerprint density at radius 3 is 2.65 bits per heavy atom. The van der Waals surface area contributed by atoms with Crippen LogP contribution in [0.3, 0.4) is 0 Å². The predicted octanol–water partition coefficient (Wildman–Crippen LogP) is 3.25. The fourth-order valence-corrected chi connectivity index (χ4v) is 1.64. The van der Waals surface area contributed by atoms with Gasteiger partial charge in [-0.05, 0) is 18.6 Å². The molecular weight excluding hydrogens is 301 g/mol. The van der Waals surface area contributed by atoms with Crippen molar-refractivity contribution < 1.29 is 17.9 Å². The van der Waals surface area contributed by atoms with E-state index in [0.29, 0.717) is 11.1 Å². The molecule has 0 unspecified atom stereocenters. The molecular formula is C10H8BrF3N2O. The normalized spacial score (nSPS) is 11.1. The second-order valence-electron chi connectivity index (χ2n) is 3.23. The zero-order chi connectivity index (χ0) is 13.1. The molecule has 0 amide bonds. The molecule has 0 N–H and O–H groups in total. The second-order valence-corrected chi connectivity index (χ2v) is 3.79. The molecule has 1 rings (SSSR count). The van der Waals surface area contributed by atoms with Crippen LogP contribution in [0.2, 0.25) is 0 Å². The van der Waals surface area contributed by atoms with E-state index in [-0.39, 0.29) is 17.4 Å². The molecule has 0 spiro atoms. The van der Waals surface area contributed by atoms with Crippen LogP contribution in [0, 0.1) is 18.3 Å². The van der Waals surface area contributed by atoms with Gasteiger partial charge in [-0.3, -0.25) is 0 Å². The fourth-order valence-electron chi connectivity index (χ4n) is 1.24. The first kappa shape index (κ1) is 13.8. The fraction of sp³-hybridized carbons (Fsp3) is 0.400. The van der Waals surface area contributed by atoms with Crippen molar-refractivity contribution in [2.24, 2.45) is 0 Å². The van der Waals surface area contributed by atoms with Crippen LogP contribution in [0.1, 0.15) is 16.8 Å². The van der Waals surface area contributed by atoms with Crippen LogP contribution in [0.25, 0.3) is 0 Å². The van der Waals surface area contributed by atoms with E-state index >= 15 is 0 Å². The lowest BCUT2D eigenvalue weighted by Crippen LogP contribution is -2.19. The van der Waals surface area contributed by atoms with Gasteiger partial charge in [0, 0.05) is 10.9 Å². The molecule has 0 aliphatic rings. The predicted molar refractivity (Wildman–Crippen MR) is 57.6 cm³/mol. The molecule has 17 heavy (non-hydrogen) atoms. The number of hydrogen-bond donors (Lipinski definition) is 0. The van der Waals surface area contributed by atoms with Crippen molar-refractivity contribution in [1.29, 1.82) is 5.26 Å². The standard InChI is InChI=1S/C10H8BrF3N2O/c1-6-4-7(5-11)9(17-10(12,13)14)16-8(6)2-3-15/h4H,2,5H2,1H3. The highest BCUT2D eigenvalue weighted by Crippen LogP contribution is 2.27. The number of nitrogens with zero attached hydrogens (tertiary/aromatic N) is 2. The average molecular weight is 309 g/mol. The lowest BCUT2D eigenvalue weighted by molar-refractivity contribution is -0.276. The Morgan fingerprint density at radius 2 is 2.18 bits per heavy atom. The van der Waals surface area contributed by atoms with Gasteiger partial charge in [-0.25, -0.2) is 4.98 Å². The Hall–Kier alpha value is -1.29. The number of alkyl halides is 4. The zero-order valence-electron chi connectivity index (χ0n) is 8.81. The van der Waals surface area contributed by atoms with Gasteiger partial charge in [-0.15, -0.1) is 13.2 Å². The minimum atomic E-state index is -4.79. The summed E-state index contributed by atoms with van der Waals surface area (Å²) < 4.78 is 40.2. The van der Waals surface area contributed by atoms with Crippen LogP contribution in [0.4, 0.5) is 13.2 Å². The maximum atomic E-state index is 12.1. The maximum absolute atomic E-state index is 12.1. The monoisotopic (exact) mass is 308 g/mol. The number of aromatic nitrogens is 1. The van der Waals surface area contributed by atoms with Gasteiger partial charge in [0.2, 0.25) is 5.88 Å². The van der Waals surface area contributed by atoms with E-state index in [0.717, 1.165) is 0 Å². The van der Waals surface area contributed by atoms with Crippen molar-refractivity contribution in [3.63, 3.8) is 0 Å². The van der Waals surface area contributed by atoms with Crippen molar-refractivity contribution in [1.82, 2.24) is 4.98 Å². The van der Waals surface area contributed by atoms with Crippen LogP contribution >= 0.6 is 15.9 Å². The van der Waals surface area contributed by atoms with Gasteiger partial charge in [0.1, 0.15) is 0 Å². The Balaban J connectivity index is 3.18. The van der Waals surface area contributed by atoms with Crippen LogP contribution in [-0.4, -0.2) is 11.3 Å². The molecule has 0 saturated heterocycles. The minimum Gasteiger partial charge on any atom is -0.388 e. The van der Waals surface area contributed by atoms with Gasteiger partial charge >= 0.3 is 6.36 Å². The summed E-state index contributed by atoms with van der Waals surface area (Å²) in [5.74, 6) is -0.509. The third-order valence-electron chi connectivity index (χ3n) is 1.96. The first-order valence-corrected chi connectivity index (χ1v) is 5.67. The third-order valence-corrected chi connectivity index (χ3v) is 2.56. The number of halogens is 4. The molecule has 7 heteroatoms. The zero-order valence-corrected chi connectivity index (χ0v) is 10.4. The SMILES string of the molecule is Cc1cc(CBr)c(OC(F)(F)F)nc1CC#N. The molecule has 0 bridgehead atoms. The molecule has 3 nitrogen and oxygen atoms in total. The lowest BCUT2D eigenvalue weighted by atomic mass is 10.1. The summed E-state index contributed by atoms with van der Waals surface area (Å²) in [4.78, 5) is 3.72. The summed E-state index contributed by atoms with van der Waals surface area (Å²) >= 11 is 3.06. The number of ether oxygens (including phenoxy) is 1. The number of pyridine rings is 1. The molecule has 0 atom stereocenters. The minimum absolute atomic E-state index is 0.0530. The van der Waals surface area contributed by atoms with E-state index in [1.165, 1.54) is 6.07 Å². The second kappa shape index (κ2) is 5.36. The lowest BCUT2D eigenvalue weighted by Gasteiger charge is -2.13. The first-order chi connectivity index (χ1) is 7.87. The van der Waals surface area contributed by atoms with Crippen LogP contribution in [0.5, 0.6) is 5.88 Å². The molecule has 92 valence electrons. The van der Waals surface area contributed by atoms with Gasteiger partial charge in [-0.1, -0.05) is 15.9 Å². The third kappa shape index (κ3) is 3.89. The van der Waals surface area contributed by atoms with Crippen molar-refractivity contribution in [2.45, 2.75) is 25.0 Å². The van der Waals surface area contributed by atoms with E-state index < -0.39 is 12.2 Å². The van der Waals surface area contributed by atoms with Gasteiger partial charge in [0.15, 0.2) is 0 Å². The summed E-state index contributed by atoms with van der Waals surface area (Å²) in [5.41, 5.74) is 1.24. The topological polar surface area (TPSA) is 45.9 Å². The van der Waals surface area contributed by atoms with Crippen molar-refractivity contribution in [3.05, 3.63) is 22.9 Å². The molecule has 1 heterocycles. The van der Waals surface area contributed by atoms with E-state index in [9.17, 15) is 13.2 Å². The summed E-state index contributed by atoms with van der Waals surface area (Å²) in [5, 5.41) is 8.73. The van der Waals surface area contributed by atoms with Crippen LogP contribution in [0.15, 0.2) is 6.07 Å². The van der Waals surface area contributed by atoms with Crippen molar-refractivity contribution in [2.75, 3.05) is 0 Å². The summed E-state index contributed by atoms with van der Waals surface area (Å²) in [6.45, 7) is 1.68. The maximum Gasteiger partial charge on any atom is 0.574 e. The molecule has 0 aliphatic carbocycles. The van der Waals surface area contributed by atoms with E-state index in [2.05, 4.69) is 25.7 Å². The number of rotatable bonds is 3. The quantitative estimate of drug-likeness (QED) is 0.805. The summed E-state index contributed by atoms with van der Waals surface area (Å²) in [6.07, 6.45) is -4.84. The molecule has 0 fully saturated rings. The Morgan fingerprint density at radius 1 is 1.53 bits per heavy atom. The molecule has 0 saturated carbocycles. The van der Waals surface area contributed by atoms with Gasteiger partial charge in [-0.2, -0.15) is 5.26 Å². The molecule has 0 aromatic carbocycles. The number of hydrogen-bond acceptors (Lipinski definition) is 3.